The second kappa shape index (κ2) is 8.58. The van der Waals surface area contributed by atoms with Gasteiger partial charge >= 0.3 is 5.97 Å². The first-order chi connectivity index (χ1) is 10.1. The molecule has 0 amide bonds. The number of rotatable bonds is 7. The standard InChI is InChI=1S/C16H18O5/c1-4-5-6-7-16(18)21-11-13(17)12-8-9-14(19-2)15(10-12)20-3/h4-10H,11H2,1-3H3. The molecule has 0 aliphatic rings. The first-order valence-electron chi connectivity index (χ1n) is 6.33. The zero-order valence-corrected chi connectivity index (χ0v) is 12.3. The number of Topliss-reactive ketones (excluding diaryl/α,β-unsaturated/α-hetero) is 1. The van der Waals surface area contributed by atoms with Gasteiger partial charge in [0.2, 0.25) is 0 Å². The van der Waals surface area contributed by atoms with Crippen molar-refractivity contribution < 1.29 is 23.8 Å². The summed E-state index contributed by atoms with van der Waals surface area (Å²) >= 11 is 0. The summed E-state index contributed by atoms with van der Waals surface area (Å²) in [5, 5.41) is 0. The molecule has 0 N–H and O–H groups in total. The summed E-state index contributed by atoms with van der Waals surface area (Å²) < 4.78 is 15.1. The highest BCUT2D eigenvalue weighted by molar-refractivity contribution is 5.99. The SMILES string of the molecule is CC=CC=CC(=O)OCC(=O)c1ccc(OC)c(OC)c1. The Balaban J connectivity index is 2.66. The van der Waals surface area contributed by atoms with Gasteiger partial charge < -0.3 is 14.2 Å². The number of allylic oxidation sites excluding steroid dienone is 3. The fraction of sp³-hybridized carbons (Fsp3) is 0.250. The van der Waals surface area contributed by atoms with Crippen molar-refractivity contribution in [2.75, 3.05) is 20.8 Å². The van der Waals surface area contributed by atoms with Gasteiger partial charge in [-0.1, -0.05) is 18.2 Å². The van der Waals surface area contributed by atoms with Crippen molar-refractivity contribution in [2.45, 2.75) is 6.92 Å². The van der Waals surface area contributed by atoms with Crippen LogP contribution in [0, 0.1) is 0 Å². The second-order valence-corrected chi connectivity index (χ2v) is 3.99. The lowest BCUT2D eigenvalue weighted by atomic mass is 10.1. The lowest BCUT2D eigenvalue weighted by Crippen LogP contribution is -2.12. The van der Waals surface area contributed by atoms with E-state index in [1.165, 1.54) is 20.3 Å². The Kier molecular flexibility index (Phi) is 6.74. The number of carbonyl (C=O) groups is 2. The summed E-state index contributed by atoms with van der Waals surface area (Å²) in [6.45, 7) is 1.50. The van der Waals surface area contributed by atoms with Crippen molar-refractivity contribution in [3.63, 3.8) is 0 Å². The molecule has 0 atom stereocenters. The highest BCUT2D eigenvalue weighted by Gasteiger charge is 2.12. The van der Waals surface area contributed by atoms with E-state index < -0.39 is 5.97 Å². The lowest BCUT2D eigenvalue weighted by Gasteiger charge is -2.09. The smallest absolute Gasteiger partial charge is 0.331 e. The third-order valence-corrected chi connectivity index (χ3v) is 2.59. The van der Waals surface area contributed by atoms with Crippen LogP contribution in [0.25, 0.3) is 0 Å². The van der Waals surface area contributed by atoms with Crippen molar-refractivity contribution >= 4 is 11.8 Å². The number of ether oxygens (including phenoxy) is 3. The van der Waals surface area contributed by atoms with Crippen LogP contribution < -0.4 is 9.47 Å². The minimum Gasteiger partial charge on any atom is -0.493 e. The number of benzene rings is 1. The molecule has 0 aliphatic carbocycles. The topological polar surface area (TPSA) is 61.8 Å². The molecule has 0 spiro atoms. The van der Waals surface area contributed by atoms with Gasteiger partial charge in [0, 0.05) is 11.6 Å². The molecule has 0 saturated carbocycles. The van der Waals surface area contributed by atoms with E-state index in [1.807, 2.05) is 6.92 Å². The molecular formula is C16H18O5. The van der Waals surface area contributed by atoms with Crippen molar-refractivity contribution in [1.82, 2.24) is 0 Å². The van der Waals surface area contributed by atoms with Crippen LogP contribution in [0.2, 0.25) is 0 Å². The summed E-state index contributed by atoms with van der Waals surface area (Å²) in [5.41, 5.74) is 0.387. The van der Waals surface area contributed by atoms with Gasteiger partial charge in [-0.15, -0.1) is 0 Å². The molecule has 0 heterocycles. The summed E-state index contributed by atoms with van der Waals surface area (Å²) in [6, 6.07) is 4.76. The van der Waals surface area contributed by atoms with Crippen molar-refractivity contribution in [3.05, 3.63) is 48.1 Å². The van der Waals surface area contributed by atoms with Crippen LogP contribution in [0.15, 0.2) is 42.5 Å². The van der Waals surface area contributed by atoms with E-state index in [-0.39, 0.29) is 12.4 Å². The van der Waals surface area contributed by atoms with Crippen molar-refractivity contribution in [2.24, 2.45) is 0 Å². The molecule has 0 saturated heterocycles. The maximum atomic E-state index is 11.9. The van der Waals surface area contributed by atoms with Crippen molar-refractivity contribution in [3.8, 4) is 11.5 Å². The minimum atomic E-state index is -0.568. The maximum absolute atomic E-state index is 11.9. The summed E-state index contributed by atoms with van der Waals surface area (Å²) in [5.74, 6) is 0.0913. The average molecular weight is 290 g/mol. The number of methoxy groups -OCH3 is 2. The number of hydrogen-bond donors (Lipinski definition) is 0. The molecule has 5 nitrogen and oxygen atoms in total. The van der Waals surface area contributed by atoms with Crippen molar-refractivity contribution in [1.29, 1.82) is 0 Å². The van der Waals surface area contributed by atoms with E-state index in [4.69, 9.17) is 14.2 Å². The second-order valence-electron chi connectivity index (χ2n) is 3.99. The Morgan fingerprint density at radius 2 is 1.81 bits per heavy atom. The molecule has 112 valence electrons. The first kappa shape index (κ1) is 16.5. The number of hydrogen-bond acceptors (Lipinski definition) is 5. The zero-order valence-electron chi connectivity index (χ0n) is 12.3. The molecular weight excluding hydrogens is 272 g/mol. The third-order valence-electron chi connectivity index (χ3n) is 2.59. The summed E-state index contributed by atoms with van der Waals surface area (Å²) in [7, 11) is 3.00. The van der Waals surface area contributed by atoms with Crippen LogP contribution in [0.1, 0.15) is 17.3 Å². The molecule has 5 heteroatoms. The quantitative estimate of drug-likeness (QED) is 0.334. The Labute approximate surface area is 123 Å². The van der Waals surface area contributed by atoms with Gasteiger partial charge in [-0.25, -0.2) is 4.79 Å². The summed E-state index contributed by atoms with van der Waals surface area (Å²) in [6.07, 6.45) is 6.26. The predicted octanol–water partition coefficient (Wildman–Crippen LogP) is 2.56. The van der Waals surface area contributed by atoms with E-state index in [1.54, 1.807) is 36.4 Å². The minimum absolute atomic E-state index is 0.316. The maximum Gasteiger partial charge on any atom is 0.331 e. The fourth-order valence-corrected chi connectivity index (χ4v) is 1.52. The monoisotopic (exact) mass is 290 g/mol. The van der Waals surface area contributed by atoms with Crippen LogP contribution in [-0.2, 0) is 9.53 Å². The Hall–Kier alpha value is -2.56. The molecule has 1 rings (SSSR count). The molecule has 0 fully saturated rings. The van der Waals surface area contributed by atoms with Crippen LogP contribution >= 0.6 is 0 Å². The van der Waals surface area contributed by atoms with E-state index in [2.05, 4.69) is 0 Å². The lowest BCUT2D eigenvalue weighted by molar-refractivity contribution is -0.136. The molecule has 0 aromatic heterocycles. The van der Waals surface area contributed by atoms with Gasteiger partial charge in [0.15, 0.2) is 23.9 Å². The third kappa shape index (κ3) is 5.14. The fourth-order valence-electron chi connectivity index (χ4n) is 1.52. The number of esters is 1. The van der Waals surface area contributed by atoms with Crippen LogP contribution in [-0.4, -0.2) is 32.6 Å². The molecule has 0 bridgehead atoms. The number of ketones is 1. The normalized spacial score (nSPS) is 10.8. The van der Waals surface area contributed by atoms with Crippen LogP contribution in [0.3, 0.4) is 0 Å². The highest BCUT2D eigenvalue weighted by Crippen LogP contribution is 2.27. The predicted molar refractivity (Wildman–Crippen MR) is 78.8 cm³/mol. The van der Waals surface area contributed by atoms with E-state index in [0.717, 1.165) is 0 Å². The van der Waals surface area contributed by atoms with Gasteiger partial charge in [-0.05, 0) is 25.1 Å². The largest absolute Gasteiger partial charge is 0.493 e. The summed E-state index contributed by atoms with van der Waals surface area (Å²) in [4.78, 5) is 23.3. The van der Waals surface area contributed by atoms with Gasteiger partial charge in [0.1, 0.15) is 0 Å². The van der Waals surface area contributed by atoms with Gasteiger partial charge in [-0.3, -0.25) is 4.79 Å². The van der Waals surface area contributed by atoms with E-state index in [9.17, 15) is 9.59 Å². The Bertz CT molecular complexity index is 558. The first-order valence-corrected chi connectivity index (χ1v) is 6.33. The van der Waals surface area contributed by atoms with Crippen LogP contribution in [0.4, 0.5) is 0 Å². The number of carbonyl (C=O) groups excluding carboxylic acids is 2. The Morgan fingerprint density at radius 1 is 1.10 bits per heavy atom. The van der Waals surface area contributed by atoms with E-state index >= 15 is 0 Å². The molecule has 0 aliphatic heterocycles. The molecule has 1 aromatic rings. The molecule has 21 heavy (non-hydrogen) atoms. The molecule has 1 aromatic carbocycles. The zero-order chi connectivity index (χ0) is 15.7. The van der Waals surface area contributed by atoms with Gasteiger partial charge in [-0.2, -0.15) is 0 Å². The van der Waals surface area contributed by atoms with Gasteiger partial charge in [0.05, 0.1) is 14.2 Å². The Morgan fingerprint density at radius 3 is 2.43 bits per heavy atom. The average Bonchev–Trinajstić information content (AvgIpc) is 2.52. The highest BCUT2D eigenvalue weighted by atomic mass is 16.5. The van der Waals surface area contributed by atoms with Gasteiger partial charge in [0.25, 0.3) is 0 Å². The molecule has 0 radical (unpaired) electrons. The van der Waals surface area contributed by atoms with Crippen LogP contribution in [0.5, 0.6) is 11.5 Å². The van der Waals surface area contributed by atoms with E-state index in [0.29, 0.717) is 17.1 Å². The molecule has 0 unspecified atom stereocenters.